The molecule has 0 aromatic carbocycles. The molecule has 0 unspecified atom stereocenters. The van der Waals surface area contributed by atoms with Gasteiger partial charge in [-0.15, -0.1) is 0 Å². The molecular weight excluding hydrogens is 324 g/mol. The Balaban J connectivity index is 3.13. The summed E-state index contributed by atoms with van der Waals surface area (Å²) in [5, 5.41) is 8.11. The van der Waals surface area contributed by atoms with Crippen molar-refractivity contribution in [2.24, 2.45) is 5.73 Å². The van der Waals surface area contributed by atoms with Crippen LogP contribution >= 0.6 is 43.2 Å². The molecule has 0 atom stereocenters. The van der Waals surface area contributed by atoms with Gasteiger partial charge in [-0.1, -0.05) is 43.2 Å². The second-order valence-electron chi connectivity index (χ2n) is 3.02. The minimum absolute atomic E-state index is 0.144. The fourth-order valence-electron chi connectivity index (χ4n) is 0.790. The maximum atomic E-state index is 11.3. The summed E-state index contributed by atoms with van der Waals surface area (Å²) in [4.78, 5) is 21.3. The topological polar surface area (TPSA) is 96.2 Å². The fraction of sp³-hybridized carbons (Fsp3) is 0.778. The minimum atomic E-state index is -0.144. The summed E-state index contributed by atoms with van der Waals surface area (Å²) < 4.78 is 0. The third-order valence-corrected chi connectivity index (χ3v) is 6.14. The molecule has 0 spiro atoms. The third kappa shape index (κ3) is 16.0. The highest BCUT2D eigenvalue weighted by Crippen LogP contribution is 2.19. The number of hydrogen-bond donors (Lipinski definition) is 4. The quantitative estimate of drug-likeness (QED) is 0.169. The first kappa shape index (κ1) is 19.1. The first-order chi connectivity index (χ1) is 9.31. The number of amides is 3. The van der Waals surface area contributed by atoms with E-state index < -0.39 is 0 Å². The number of hydrogen-bond acceptors (Lipinski definition) is 7. The molecule has 0 fully saturated rings. The van der Waals surface area contributed by atoms with Gasteiger partial charge in [0.25, 0.3) is 0 Å². The molecule has 0 saturated heterocycles. The van der Waals surface area contributed by atoms with Gasteiger partial charge in [0.2, 0.25) is 6.41 Å². The van der Waals surface area contributed by atoms with Gasteiger partial charge in [-0.3, -0.25) is 4.79 Å². The van der Waals surface area contributed by atoms with Crippen LogP contribution in [0.4, 0.5) is 4.79 Å². The average molecular weight is 345 g/mol. The Morgan fingerprint density at radius 2 is 1.68 bits per heavy atom. The summed E-state index contributed by atoms with van der Waals surface area (Å²) in [6, 6.07) is -0.144. The summed E-state index contributed by atoms with van der Waals surface area (Å²) in [7, 11) is 6.58. The van der Waals surface area contributed by atoms with Gasteiger partial charge >= 0.3 is 6.03 Å². The largest absolute Gasteiger partial charge is 0.358 e. The standard InChI is InChI=1S/C9H20N4O2S4/c10-1-4-16-19-8-13-9(15)12-3-6-18-17-5-2-11-7-14/h7H,1-6,8,10H2,(H,11,14)(H2,12,13,15). The molecule has 5 N–H and O–H groups in total. The van der Waals surface area contributed by atoms with Gasteiger partial charge in [0.1, 0.15) is 0 Å². The molecule has 0 aliphatic rings. The molecule has 0 aromatic heterocycles. The second kappa shape index (κ2) is 16.2. The molecule has 0 heterocycles. The van der Waals surface area contributed by atoms with E-state index in [2.05, 4.69) is 16.0 Å². The molecule has 0 aromatic rings. The number of carbonyl (C=O) groups excluding carboxylic acids is 2. The van der Waals surface area contributed by atoms with Crippen molar-refractivity contribution in [3.63, 3.8) is 0 Å². The number of rotatable bonds is 13. The van der Waals surface area contributed by atoms with Gasteiger partial charge in [0.15, 0.2) is 0 Å². The predicted octanol–water partition coefficient (Wildman–Crippen LogP) is 0.711. The van der Waals surface area contributed by atoms with E-state index >= 15 is 0 Å². The zero-order valence-electron chi connectivity index (χ0n) is 10.6. The SMILES string of the molecule is NCCSSCNC(=O)NCCSSCCNC=O. The highest BCUT2D eigenvalue weighted by atomic mass is 33.1. The van der Waals surface area contributed by atoms with E-state index in [0.29, 0.717) is 31.9 Å². The van der Waals surface area contributed by atoms with Crippen LogP contribution in [-0.2, 0) is 4.79 Å². The maximum Gasteiger partial charge on any atom is 0.315 e. The van der Waals surface area contributed by atoms with E-state index in [0.717, 1.165) is 17.3 Å². The summed E-state index contributed by atoms with van der Waals surface area (Å²) in [6.07, 6.45) is 0.695. The molecule has 0 bridgehead atoms. The van der Waals surface area contributed by atoms with Crippen molar-refractivity contribution in [3.8, 4) is 0 Å². The van der Waals surface area contributed by atoms with E-state index in [1.807, 2.05) is 0 Å². The monoisotopic (exact) mass is 344 g/mol. The lowest BCUT2D eigenvalue weighted by Crippen LogP contribution is -2.36. The van der Waals surface area contributed by atoms with E-state index in [1.165, 1.54) is 0 Å². The highest BCUT2D eigenvalue weighted by Gasteiger charge is 1.98. The van der Waals surface area contributed by atoms with Crippen LogP contribution < -0.4 is 21.7 Å². The molecule has 10 heteroatoms. The van der Waals surface area contributed by atoms with Gasteiger partial charge in [0, 0.05) is 36.9 Å². The Bertz CT molecular complexity index is 236. The van der Waals surface area contributed by atoms with Crippen molar-refractivity contribution in [1.29, 1.82) is 0 Å². The van der Waals surface area contributed by atoms with Crippen molar-refractivity contribution in [2.45, 2.75) is 0 Å². The zero-order valence-corrected chi connectivity index (χ0v) is 13.8. The Hall–Kier alpha value is 0.1000. The van der Waals surface area contributed by atoms with Gasteiger partial charge < -0.3 is 21.7 Å². The van der Waals surface area contributed by atoms with Crippen LogP contribution in [0, 0.1) is 0 Å². The average Bonchev–Trinajstić information content (AvgIpc) is 2.41. The van der Waals surface area contributed by atoms with E-state index in [1.54, 1.807) is 43.2 Å². The third-order valence-electron chi connectivity index (χ3n) is 1.54. The number of carbonyl (C=O) groups is 2. The fourth-order valence-corrected chi connectivity index (χ4v) is 4.18. The number of nitrogens with two attached hydrogens (primary N) is 1. The number of urea groups is 1. The van der Waals surface area contributed by atoms with Crippen LogP contribution in [-0.4, -0.2) is 55.2 Å². The lowest BCUT2D eigenvalue weighted by atomic mass is 10.7. The van der Waals surface area contributed by atoms with Gasteiger partial charge in [-0.2, -0.15) is 0 Å². The summed E-state index contributed by atoms with van der Waals surface area (Å²) in [5.74, 6) is 3.18. The molecule has 0 radical (unpaired) electrons. The van der Waals surface area contributed by atoms with Crippen molar-refractivity contribution < 1.29 is 9.59 Å². The molecule has 0 aliphatic carbocycles. The van der Waals surface area contributed by atoms with Crippen LogP contribution in [0.1, 0.15) is 0 Å². The predicted molar refractivity (Wildman–Crippen MR) is 89.5 cm³/mol. The first-order valence-electron chi connectivity index (χ1n) is 5.69. The lowest BCUT2D eigenvalue weighted by Gasteiger charge is -2.06. The van der Waals surface area contributed by atoms with E-state index in [9.17, 15) is 9.59 Å². The highest BCUT2D eigenvalue weighted by molar-refractivity contribution is 8.77. The molecular formula is C9H20N4O2S4. The Kier molecular flexibility index (Phi) is 16.2. The van der Waals surface area contributed by atoms with Crippen molar-refractivity contribution in [3.05, 3.63) is 0 Å². The van der Waals surface area contributed by atoms with Crippen LogP contribution in [0.3, 0.4) is 0 Å². The molecule has 0 saturated carbocycles. The van der Waals surface area contributed by atoms with Crippen LogP contribution in [0.5, 0.6) is 0 Å². The first-order valence-corrected chi connectivity index (χ1v) is 10.7. The summed E-state index contributed by atoms with van der Waals surface area (Å²) in [6.45, 7) is 1.96. The Morgan fingerprint density at radius 1 is 1.00 bits per heavy atom. The number of nitrogens with one attached hydrogen (secondary N) is 3. The van der Waals surface area contributed by atoms with Crippen molar-refractivity contribution >= 4 is 55.6 Å². The van der Waals surface area contributed by atoms with Gasteiger partial charge in [0.05, 0.1) is 5.88 Å². The van der Waals surface area contributed by atoms with Gasteiger partial charge in [-0.25, -0.2) is 4.79 Å². The molecule has 0 aliphatic heterocycles. The van der Waals surface area contributed by atoms with Crippen LogP contribution in [0.2, 0.25) is 0 Å². The van der Waals surface area contributed by atoms with Crippen molar-refractivity contribution in [2.75, 3.05) is 42.8 Å². The molecule has 0 rings (SSSR count). The molecule has 19 heavy (non-hydrogen) atoms. The molecule has 6 nitrogen and oxygen atoms in total. The van der Waals surface area contributed by atoms with Crippen molar-refractivity contribution in [1.82, 2.24) is 16.0 Å². The minimum Gasteiger partial charge on any atom is -0.358 e. The normalized spacial score (nSPS) is 9.95. The Labute approximate surface area is 129 Å². The smallest absolute Gasteiger partial charge is 0.315 e. The second-order valence-corrected chi connectivity index (χ2v) is 8.31. The molecule has 112 valence electrons. The Morgan fingerprint density at radius 3 is 2.37 bits per heavy atom. The zero-order chi connectivity index (χ0) is 14.2. The van der Waals surface area contributed by atoms with Crippen LogP contribution in [0.25, 0.3) is 0 Å². The lowest BCUT2D eigenvalue weighted by molar-refractivity contribution is -0.109. The van der Waals surface area contributed by atoms with Gasteiger partial charge in [-0.05, 0) is 0 Å². The summed E-state index contributed by atoms with van der Waals surface area (Å²) in [5.41, 5.74) is 5.34. The molecule has 3 amide bonds. The maximum absolute atomic E-state index is 11.3. The summed E-state index contributed by atoms with van der Waals surface area (Å²) >= 11 is 0. The van der Waals surface area contributed by atoms with Crippen LogP contribution in [0.15, 0.2) is 0 Å². The van der Waals surface area contributed by atoms with E-state index in [-0.39, 0.29) is 6.03 Å². The van der Waals surface area contributed by atoms with E-state index in [4.69, 9.17) is 5.73 Å².